The van der Waals surface area contributed by atoms with Crippen LogP contribution in [0.5, 0.6) is 0 Å². The van der Waals surface area contributed by atoms with Gasteiger partial charge in [0.05, 0.1) is 11.9 Å². The Labute approximate surface area is 159 Å². The predicted octanol–water partition coefficient (Wildman–Crippen LogP) is 3.13. The van der Waals surface area contributed by atoms with E-state index in [9.17, 15) is 0 Å². The summed E-state index contributed by atoms with van der Waals surface area (Å²) in [5, 5.41) is 1.12. The van der Waals surface area contributed by atoms with Crippen LogP contribution in [-0.2, 0) is 19.4 Å². The van der Waals surface area contributed by atoms with Crippen LogP contribution >= 0.6 is 23.7 Å². The Morgan fingerprint density at radius 1 is 1.24 bits per heavy atom. The fraction of sp³-hybridized carbons (Fsp3) is 0.667. The van der Waals surface area contributed by atoms with Gasteiger partial charge in [-0.15, -0.1) is 23.7 Å². The number of halogens is 1. The molecule has 3 heterocycles. The van der Waals surface area contributed by atoms with Crippen molar-refractivity contribution in [2.75, 3.05) is 18.8 Å². The molecule has 0 saturated carbocycles. The van der Waals surface area contributed by atoms with Gasteiger partial charge in [-0.1, -0.05) is 13.8 Å². The molecule has 4 N–H and O–H groups in total. The number of thiophene rings is 1. The Morgan fingerprint density at radius 2 is 2.00 bits per heavy atom. The number of rotatable bonds is 2. The predicted molar refractivity (Wildman–Crippen MR) is 107 cm³/mol. The molecule has 4 rings (SSSR count). The van der Waals surface area contributed by atoms with Gasteiger partial charge in [0.15, 0.2) is 0 Å². The standard InChI is InChI=1S/C18H27N5S.ClH/c1-18(2)10-23(8-7-13(18)19)9-14-21-16(20)15-11-5-3-4-6-12(11)24-17(15)22-14;/h13H,3-10,19H2,1-2H3,(H2,20,21,22);1H. The van der Waals surface area contributed by atoms with Gasteiger partial charge in [-0.3, -0.25) is 4.90 Å². The SMILES string of the molecule is CC1(C)CN(Cc2nc(N)c3c4c(sc3n2)CCCC4)CCC1N.Cl. The zero-order chi connectivity index (χ0) is 16.9. The number of hydrogen-bond donors (Lipinski definition) is 2. The van der Waals surface area contributed by atoms with Crippen molar-refractivity contribution >= 4 is 39.8 Å². The quantitative estimate of drug-likeness (QED) is 0.835. The van der Waals surface area contributed by atoms with E-state index >= 15 is 0 Å². The van der Waals surface area contributed by atoms with Gasteiger partial charge in [-0.25, -0.2) is 9.97 Å². The molecule has 0 aromatic carbocycles. The molecule has 1 aliphatic carbocycles. The molecule has 25 heavy (non-hydrogen) atoms. The molecule has 5 nitrogen and oxygen atoms in total. The van der Waals surface area contributed by atoms with Crippen molar-refractivity contribution in [3.05, 3.63) is 16.3 Å². The second-order valence-electron chi connectivity index (χ2n) is 8.01. The first-order valence-electron chi connectivity index (χ1n) is 8.98. The Morgan fingerprint density at radius 3 is 2.76 bits per heavy atom. The average Bonchev–Trinajstić information content (AvgIpc) is 2.89. The van der Waals surface area contributed by atoms with E-state index in [4.69, 9.17) is 16.5 Å². The summed E-state index contributed by atoms with van der Waals surface area (Å²) in [6.45, 7) is 7.24. The minimum Gasteiger partial charge on any atom is -0.383 e. The van der Waals surface area contributed by atoms with Crippen molar-refractivity contribution in [3.8, 4) is 0 Å². The molecule has 1 saturated heterocycles. The van der Waals surface area contributed by atoms with Crippen molar-refractivity contribution in [2.45, 2.75) is 58.5 Å². The first-order valence-corrected chi connectivity index (χ1v) is 9.80. The van der Waals surface area contributed by atoms with Gasteiger partial charge < -0.3 is 11.5 Å². The molecule has 1 aliphatic heterocycles. The number of hydrogen-bond acceptors (Lipinski definition) is 6. The lowest BCUT2D eigenvalue weighted by Gasteiger charge is -2.42. The number of fused-ring (bicyclic) bond motifs is 3. The number of aryl methyl sites for hydroxylation is 2. The van der Waals surface area contributed by atoms with E-state index in [1.807, 2.05) is 11.3 Å². The number of piperidine rings is 1. The highest BCUT2D eigenvalue weighted by Crippen LogP contribution is 2.38. The van der Waals surface area contributed by atoms with Crippen molar-refractivity contribution in [2.24, 2.45) is 11.1 Å². The van der Waals surface area contributed by atoms with Gasteiger partial charge >= 0.3 is 0 Å². The number of likely N-dealkylation sites (tertiary alicyclic amines) is 1. The van der Waals surface area contributed by atoms with Crippen LogP contribution in [0.3, 0.4) is 0 Å². The summed E-state index contributed by atoms with van der Waals surface area (Å²) >= 11 is 1.82. The molecule has 0 bridgehead atoms. The molecule has 7 heteroatoms. The van der Waals surface area contributed by atoms with Crippen molar-refractivity contribution in [1.82, 2.24) is 14.9 Å². The number of nitrogen functional groups attached to an aromatic ring is 1. The highest BCUT2D eigenvalue weighted by molar-refractivity contribution is 7.19. The van der Waals surface area contributed by atoms with E-state index in [1.165, 1.54) is 29.7 Å². The van der Waals surface area contributed by atoms with E-state index in [1.54, 1.807) is 0 Å². The first kappa shape index (κ1) is 18.8. The normalized spacial score (nSPS) is 23.2. The minimum atomic E-state index is 0. The molecular weight excluding hydrogens is 354 g/mol. The molecule has 138 valence electrons. The zero-order valence-corrected chi connectivity index (χ0v) is 16.7. The maximum absolute atomic E-state index is 6.32. The summed E-state index contributed by atoms with van der Waals surface area (Å²) in [7, 11) is 0. The van der Waals surface area contributed by atoms with Crippen molar-refractivity contribution < 1.29 is 0 Å². The van der Waals surface area contributed by atoms with Crippen molar-refractivity contribution in [3.63, 3.8) is 0 Å². The van der Waals surface area contributed by atoms with Gasteiger partial charge in [0, 0.05) is 24.0 Å². The van der Waals surface area contributed by atoms with Crippen molar-refractivity contribution in [1.29, 1.82) is 0 Å². The minimum absolute atomic E-state index is 0. The van der Waals surface area contributed by atoms with Gasteiger partial charge in [-0.2, -0.15) is 0 Å². The molecule has 2 aromatic rings. The van der Waals surface area contributed by atoms with Crippen LogP contribution in [0.25, 0.3) is 10.2 Å². The van der Waals surface area contributed by atoms with Crippen LogP contribution in [0, 0.1) is 5.41 Å². The summed E-state index contributed by atoms with van der Waals surface area (Å²) in [6.07, 6.45) is 5.86. The van der Waals surface area contributed by atoms with E-state index in [0.29, 0.717) is 5.82 Å². The fourth-order valence-corrected chi connectivity index (χ4v) is 5.41. The number of nitrogens with zero attached hydrogens (tertiary/aromatic N) is 3. The molecule has 0 spiro atoms. The number of aromatic nitrogens is 2. The van der Waals surface area contributed by atoms with Gasteiger partial charge in [-0.05, 0) is 43.1 Å². The third-order valence-electron chi connectivity index (χ3n) is 5.65. The molecule has 1 unspecified atom stereocenters. The van der Waals surface area contributed by atoms with Gasteiger partial charge in [0.1, 0.15) is 16.5 Å². The van der Waals surface area contributed by atoms with Crippen LogP contribution in [-0.4, -0.2) is 34.0 Å². The summed E-state index contributed by atoms with van der Waals surface area (Å²) in [5.41, 5.74) is 14.1. The zero-order valence-electron chi connectivity index (χ0n) is 15.0. The Hall–Kier alpha value is -0.950. The second-order valence-corrected chi connectivity index (χ2v) is 9.09. The Bertz CT molecular complexity index is 772. The molecule has 1 fully saturated rings. The smallest absolute Gasteiger partial charge is 0.146 e. The number of nitrogens with two attached hydrogens (primary N) is 2. The fourth-order valence-electron chi connectivity index (χ4n) is 4.12. The molecule has 2 aliphatic rings. The molecular formula is C18H28ClN5S. The second kappa shape index (κ2) is 6.99. The molecule has 0 amide bonds. The molecule has 0 radical (unpaired) electrons. The van der Waals surface area contributed by atoms with E-state index in [-0.39, 0.29) is 23.9 Å². The lowest BCUT2D eigenvalue weighted by atomic mass is 9.80. The highest BCUT2D eigenvalue weighted by Gasteiger charge is 2.33. The molecule has 2 aromatic heterocycles. The third kappa shape index (κ3) is 3.50. The Balaban J connectivity index is 0.00000182. The van der Waals surface area contributed by atoms with Crippen LogP contribution in [0.4, 0.5) is 5.82 Å². The average molecular weight is 382 g/mol. The van der Waals surface area contributed by atoms with Gasteiger partial charge in [0.25, 0.3) is 0 Å². The monoisotopic (exact) mass is 381 g/mol. The highest BCUT2D eigenvalue weighted by atomic mass is 35.5. The van der Waals surface area contributed by atoms with E-state index in [0.717, 1.165) is 48.5 Å². The first-order chi connectivity index (χ1) is 11.4. The third-order valence-corrected chi connectivity index (χ3v) is 6.83. The van der Waals surface area contributed by atoms with Crippen LogP contribution in [0.1, 0.15) is 49.4 Å². The summed E-state index contributed by atoms with van der Waals surface area (Å²) in [6, 6.07) is 0.270. The van der Waals surface area contributed by atoms with Gasteiger partial charge in [0.2, 0.25) is 0 Å². The topological polar surface area (TPSA) is 81.1 Å². The summed E-state index contributed by atoms with van der Waals surface area (Å²) < 4.78 is 0. The Kier molecular flexibility index (Phi) is 5.26. The molecule has 1 atom stereocenters. The lowest BCUT2D eigenvalue weighted by Crippen LogP contribution is -2.52. The maximum Gasteiger partial charge on any atom is 0.146 e. The van der Waals surface area contributed by atoms with E-state index in [2.05, 4.69) is 23.7 Å². The lowest BCUT2D eigenvalue weighted by molar-refractivity contribution is 0.0880. The maximum atomic E-state index is 6.32. The largest absolute Gasteiger partial charge is 0.383 e. The number of anilines is 1. The summed E-state index contributed by atoms with van der Waals surface area (Å²) in [4.78, 5) is 14.5. The van der Waals surface area contributed by atoms with Crippen LogP contribution < -0.4 is 11.5 Å². The summed E-state index contributed by atoms with van der Waals surface area (Å²) in [5.74, 6) is 1.52. The van der Waals surface area contributed by atoms with Crippen LogP contribution in [0.15, 0.2) is 0 Å². The van der Waals surface area contributed by atoms with E-state index < -0.39 is 0 Å². The van der Waals surface area contributed by atoms with Crippen LogP contribution in [0.2, 0.25) is 0 Å².